The topological polar surface area (TPSA) is 33.6 Å². The third-order valence-electron chi connectivity index (χ3n) is 13.8. The van der Waals surface area contributed by atoms with E-state index in [0.717, 1.165) is 52.6 Å². The van der Waals surface area contributed by atoms with Gasteiger partial charge in [-0.3, -0.25) is 0 Å². The van der Waals surface area contributed by atoms with Gasteiger partial charge in [0.2, 0.25) is 0 Å². The van der Waals surface area contributed by atoms with E-state index in [1.807, 2.05) is 0 Å². The second-order valence-corrected chi connectivity index (χ2v) is 17.5. The first-order valence-corrected chi connectivity index (χ1v) is 22.3. The summed E-state index contributed by atoms with van der Waals surface area (Å²) in [6, 6.07) is 62.0. The quantitative estimate of drug-likeness (QED) is 0.181. The number of benzene rings is 7. The van der Waals surface area contributed by atoms with Gasteiger partial charge in [0.1, 0.15) is 17.3 Å². The number of nitrogens with one attached hydrogen (secondary N) is 1. The van der Waals surface area contributed by atoms with Crippen molar-refractivity contribution in [2.45, 2.75) is 31.2 Å². The molecule has 0 amide bonds. The van der Waals surface area contributed by atoms with E-state index in [0.29, 0.717) is 5.92 Å². The molecule has 302 valence electrons. The Bertz CT molecular complexity index is 3060. The first-order chi connectivity index (χ1) is 31.1. The third-order valence-corrected chi connectivity index (χ3v) is 13.8. The summed E-state index contributed by atoms with van der Waals surface area (Å²) in [5.41, 5.74) is 17.7. The van der Waals surface area contributed by atoms with Gasteiger partial charge >= 0.3 is 0 Å². The van der Waals surface area contributed by atoms with Gasteiger partial charge in [-0.05, 0) is 110 Å². The molecule has 7 aromatic carbocycles. The highest BCUT2D eigenvalue weighted by Gasteiger charge is 2.55. The van der Waals surface area contributed by atoms with Crippen molar-refractivity contribution in [1.82, 2.24) is 5.32 Å². The summed E-state index contributed by atoms with van der Waals surface area (Å²) < 4.78 is 6.78. The molecule has 3 unspecified atom stereocenters. The van der Waals surface area contributed by atoms with Gasteiger partial charge in [0.15, 0.2) is 0 Å². The number of ether oxygens (including phenoxy) is 1. The van der Waals surface area contributed by atoms with Crippen LogP contribution in [0.2, 0.25) is 0 Å². The minimum absolute atomic E-state index is 0.0616. The number of rotatable bonds is 6. The Morgan fingerprint density at radius 3 is 1.92 bits per heavy atom. The minimum atomic E-state index is -0.368. The fraction of sp³-hybridized carbons (Fsp3) is 0.117. The second-order valence-electron chi connectivity index (χ2n) is 17.5. The van der Waals surface area contributed by atoms with Gasteiger partial charge in [0.05, 0.1) is 17.2 Å². The van der Waals surface area contributed by atoms with Crippen LogP contribution in [0.4, 0.5) is 0 Å². The molecule has 1 N–H and O–H groups in total. The van der Waals surface area contributed by atoms with Gasteiger partial charge in [-0.2, -0.15) is 0 Å². The lowest BCUT2D eigenvalue weighted by Gasteiger charge is -2.46. The molecule has 12 rings (SSSR count). The van der Waals surface area contributed by atoms with Gasteiger partial charge in [-0.1, -0.05) is 195 Å². The van der Waals surface area contributed by atoms with Crippen molar-refractivity contribution in [3.63, 3.8) is 0 Å². The normalized spacial score (nSPS) is 19.9. The number of allylic oxidation sites excluding steroid dienone is 8. The Kier molecular flexibility index (Phi) is 8.96. The molecule has 5 aliphatic rings. The van der Waals surface area contributed by atoms with Crippen molar-refractivity contribution < 1.29 is 4.74 Å². The maximum Gasteiger partial charge on any atom is 0.134 e. The van der Waals surface area contributed by atoms with Crippen molar-refractivity contribution in [2.75, 3.05) is 0 Å². The van der Waals surface area contributed by atoms with Crippen molar-refractivity contribution in [3.8, 4) is 39.1 Å². The highest BCUT2D eigenvalue weighted by atomic mass is 16.5. The van der Waals surface area contributed by atoms with E-state index in [4.69, 9.17) is 9.73 Å². The van der Waals surface area contributed by atoms with Gasteiger partial charge < -0.3 is 10.1 Å². The monoisotopic (exact) mass is 810 g/mol. The first kappa shape index (κ1) is 37.3. The molecule has 7 aromatic rings. The maximum absolute atomic E-state index is 6.78. The second kappa shape index (κ2) is 15.1. The predicted molar refractivity (Wildman–Crippen MR) is 259 cm³/mol. The third kappa shape index (κ3) is 6.30. The van der Waals surface area contributed by atoms with E-state index < -0.39 is 0 Å². The Labute approximate surface area is 369 Å². The number of nitrogens with zero attached hydrogens (tertiary/aromatic N) is 1. The van der Waals surface area contributed by atoms with Gasteiger partial charge in [0, 0.05) is 17.0 Å². The SMILES string of the molecule is CC1C=CC(c2ccc(C3C=C(c4ccc(-c5ccc6c(c5)C5(c7ccccc7-c7ccccc75)C5CC=CC=C5O6)cc4)N=C(c4ccc(-c5ccccc5)cc4)N3)cc2)=CC1. The molecule has 0 radical (unpaired) electrons. The number of fused-ring (bicyclic) bond motifs is 9. The molecule has 0 fully saturated rings. The first-order valence-electron chi connectivity index (χ1n) is 22.3. The Hall–Kier alpha value is -7.49. The fourth-order valence-electron chi connectivity index (χ4n) is 10.6. The van der Waals surface area contributed by atoms with Crippen LogP contribution in [0.25, 0.3) is 44.7 Å². The summed E-state index contributed by atoms with van der Waals surface area (Å²) >= 11 is 0. The summed E-state index contributed by atoms with van der Waals surface area (Å²) in [5, 5.41) is 3.80. The highest BCUT2D eigenvalue weighted by Crippen LogP contribution is 2.63. The van der Waals surface area contributed by atoms with Crippen LogP contribution in [0.1, 0.15) is 64.8 Å². The lowest BCUT2D eigenvalue weighted by molar-refractivity contribution is 0.253. The summed E-state index contributed by atoms with van der Waals surface area (Å²) in [5.74, 6) is 3.57. The molecule has 3 nitrogen and oxygen atoms in total. The van der Waals surface area contributed by atoms with E-state index in [1.54, 1.807) is 0 Å². The highest BCUT2D eigenvalue weighted by molar-refractivity contribution is 6.04. The van der Waals surface area contributed by atoms with E-state index in [9.17, 15) is 0 Å². The molecule has 3 aliphatic carbocycles. The molecule has 0 saturated carbocycles. The van der Waals surface area contributed by atoms with Crippen molar-refractivity contribution in [1.29, 1.82) is 0 Å². The molecule has 0 aromatic heterocycles. The van der Waals surface area contributed by atoms with Gasteiger partial charge in [-0.25, -0.2) is 4.99 Å². The van der Waals surface area contributed by atoms with Gasteiger partial charge in [-0.15, -0.1) is 0 Å². The Balaban J connectivity index is 0.916. The van der Waals surface area contributed by atoms with E-state index in [2.05, 4.69) is 225 Å². The average Bonchev–Trinajstić information content (AvgIpc) is 3.65. The maximum atomic E-state index is 6.78. The molecular formula is C60H46N2O. The molecular weight excluding hydrogens is 765 g/mol. The molecule has 2 aliphatic heterocycles. The van der Waals surface area contributed by atoms with Crippen molar-refractivity contribution in [3.05, 3.63) is 257 Å². The fourth-order valence-corrected chi connectivity index (χ4v) is 10.6. The lowest BCUT2D eigenvalue weighted by Crippen LogP contribution is -2.42. The van der Waals surface area contributed by atoms with Crippen LogP contribution in [0.5, 0.6) is 5.75 Å². The number of amidine groups is 1. The summed E-state index contributed by atoms with van der Waals surface area (Å²) in [6.07, 6.45) is 17.8. The van der Waals surface area contributed by atoms with Crippen LogP contribution in [-0.2, 0) is 5.41 Å². The van der Waals surface area contributed by atoms with E-state index in [-0.39, 0.29) is 17.4 Å². The van der Waals surface area contributed by atoms with Crippen LogP contribution in [-0.4, -0.2) is 5.84 Å². The van der Waals surface area contributed by atoms with Crippen molar-refractivity contribution >= 4 is 17.1 Å². The van der Waals surface area contributed by atoms with Crippen LogP contribution >= 0.6 is 0 Å². The zero-order valence-corrected chi connectivity index (χ0v) is 35.2. The molecule has 0 bridgehead atoms. The van der Waals surface area contributed by atoms with E-state index >= 15 is 0 Å². The molecule has 1 spiro atoms. The smallest absolute Gasteiger partial charge is 0.134 e. The van der Waals surface area contributed by atoms with E-state index in [1.165, 1.54) is 61.2 Å². The zero-order valence-electron chi connectivity index (χ0n) is 35.2. The van der Waals surface area contributed by atoms with Crippen LogP contribution in [0.15, 0.2) is 223 Å². The average molecular weight is 811 g/mol. The van der Waals surface area contributed by atoms with Crippen molar-refractivity contribution in [2.24, 2.45) is 16.8 Å². The summed E-state index contributed by atoms with van der Waals surface area (Å²) in [4.78, 5) is 5.31. The van der Waals surface area contributed by atoms with Crippen LogP contribution in [0, 0.1) is 11.8 Å². The summed E-state index contributed by atoms with van der Waals surface area (Å²) in [6.45, 7) is 2.27. The molecule has 0 saturated heterocycles. The standard InChI is InChI=1S/C60H46N2O/c1-39-19-21-41(22-20-39)43-23-29-45(30-24-43)55-38-56(62-59(61-55)47-33-27-42(28-34-47)40-11-3-2-4-12-40)46-31-25-44(26-32-46)48-35-36-58-54(37-48)60(53-17-9-10-18-57(53)63-58)51-15-7-5-13-49(51)50-14-6-8-16-52(50)60/h2-16,18-19,21-39,53,55H,17,20H2,1H3,(H,61,62). The Morgan fingerprint density at radius 2 is 1.21 bits per heavy atom. The van der Waals surface area contributed by atoms with Crippen LogP contribution in [0.3, 0.4) is 0 Å². The molecule has 2 heterocycles. The number of hydrogen-bond acceptors (Lipinski definition) is 3. The molecule has 3 heteroatoms. The Morgan fingerprint density at radius 1 is 0.587 bits per heavy atom. The molecule has 63 heavy (non-hydrogen) atoms. The number of aliphatic imine (C=N–C) groups is 1. The predicted octanol–water partition coefficient (Wildman–Crippen LogP) is 14.3. The molecule has 3 atom stereocenters. The lowest BCUT2D eigenvalue weighted by atomic mass is 9.60. The largest absolute Gasteiger partial charge is 0.461 e. The minimum Gasteiger partial charge on any atom is -0.461 e. The summed E-state index contributed by atoms with van der Waals surface area (Å²) in [7, 11) is 0. The number of hydrogen-bond donors (Lipinski definition) is 1. The van der Waals surface area contributed by atoms with Crippen LogP contribution < -0.4 is 10.1 Å². The zero-order chi connectivity index (χ0) is 41.9. The van der Waals surface area contributed by atoms with Gasteiger partial charge in [0.25, 0.3) is 0 Å².